The molecule has 0 saturated carbocycles. The molecule has 1 heterocycles. The third kappa shape index (κ3) is 3.02. The van der Waals surface area contributed by atoms with Crippen LogP contribution in [0.25, 0.3) is 0 Å². The second-order valence-electron chi connectivity index (χ2n) is 3.09. The number of carbonyl (C=O) groups is 1. The Morgan fingerprint density at radius 1 is 1.40 bits per heavy atom. The summed E-state index contributed by atoms with van der Waals surface area (Å²) in [5.41, 5.74) is 0.873. The van der Waals surface area contributed by atoms with Gasteiger partial charge in [-0.3, -0.25) is 0 Å². The normalized spacial score (nSPS) is 22.7. The van der Waals surface area contributed by atoms with Crippen LogP contribution in [0.4, 0.5) is 0 Å². The van der Waals surface area contributed by atoms with Crippen molar-refractivity contribution in [3.8, 4) is 5.75 Å². The van der Waals surface area contributed by atoms with Crippen LogP contribution in [-0.2, 0) is 9.53 Å². The number of carboxylic acid groups (broad SMARTS) is 1. The molecule has 0 amide bonds. The van der Waals surface area contributed by atoms with E-state index in [4.69, 9.17) is 14.6 Å². The maximum absolute atomic E-state index is 10.5. The Morgan fingerprint density at radius 3 is 2.40 bits per heavy atom. The molecule has 2 rings (SSSR count). The summed E-state index contributed by atoms with van der Waals surface area (Å²) in [5, 5.41) is 8.64. The summed E-state index contributed by atoms with van der Waals surface area (Å²) in [7, 11) is 1.59. The van der Waals surface area contributed by atoms with Crippen molar-refractivity contribution in [1.29, 1.82) is 0 Å². The van der Waals surface area contributed by atoms with Crippen molar-refractivity contribution in [3.05, 3.63) is 29.8 Å². The van der Waals surface area contributed by atoms with E-state index >= 15 is 0 Å². The number of epoxide rings is 1. The van der Waals surface area contributed by atoms with Crippen molar-refractivity contribution in [2.45, 2.75) is 12.2 Å². The first-order valence-corrected chi connectivity index (χ1v) is 4.24. The van der Waals surface area contributed by atoms with Gasteiger partial charge in [0.05, 0.1) is 7.11 Å². The molecule has 2 unspecified atom stereocenters. The number of rotatable bonds is 3. The van der Waals surface area contributed by atoms with Crippen molar-refractivity contribution in [2.75, 3.05) is 7.11 Å². The number of aliphatic carboxylic acids is 1. The predicted octanol–water partition coefficient (Wildman–Crippen LogP) is 0.571. The third-order valence-corrected chi connectivity index (χ3v) is 2.18. The molecule has 1 aliphatic heterocycles. The molecule has 0 bridgehead atoms. The quantitative estimate of drug-likeness (QED) is 0.613. The van der Waals surface area contributed by atoms with E-state index in [1.54, 1.807) is 19.2 Å². The van der Waals surface area contributed by atoms with Crippen molar-refractivity contribution >= 4 is 57.4 Å². The summed E-state index contributed by atoms with van der Waals surface area (Å²) < 4.78 is 9.98. The molecule has 0 spiro atoms. The van der Waals surface area contributed by atoms with Crippen LogP contribution < -0.4 is 4.74 Å². The Bertz CT molecular complexity index is 349. The fourth-order valence-corrected chi connectivity index (χ4v) is 1.35. The third-order valence-electron chi connectivity index (χ3n) is 2.18. The summed E-state index contributed by atoms with van der Waals surface area (Å²) >= 11 is 0. The molecule has 2 atom stereocenters. The minimum atomic E-state index is -0.911. The average Bonchev–Trinajstić information content (AvgIpc) is 2.97. The van der Waals surface area contributed by atoms with Gasteiger partial charge in [-0.05, 0) is 17.7 Å². The molecule has 4 nitrogen and oxygen atoms in total. The van der Waals surface area contributed by atoms with Gasteiger partial charge in [0.25, 0.3) is 0 Å². The topological polar surface area (TPSA) is 59.1 Å². The summed E-state index contributed by atoms with van der Waals surface area (Å²) in [6.45, 7) is 0. The molecular weight excluding hydrogens is 223 g/mol. The first-order chi connectivity index (χ1) is 6.72. The number of carboxylic acids is 1. The van der Waals surface area contributed by atoms with Crippen LogP contribution in [0.5, 0.6) is 5.75 Å². The standard InChI is InChI=1S/C10H10O4.K.H/c1-13-7-4-2-6(3-5-7)8-9(14-8)10(11)12;;/h2-5,8-9H,1H3,(H,11,12);;. The van der Waals surface area contributed by atoms with Crippen LogP contribution in [0.15, 0.2) is 24.3 Å². The molecule has 15 heavy (non-hydrogen) atoms. The van der Waals surface area contributed by atoms with Crippen molar-refractivity contribution < 1.29 is 19.4 Å². The molecule has 0 aromatic heterocycles. The summed E-state index contributed by atoms with van der Waals surface area (Å²) in [6.07, 6.45) is -0.971. The van der Waals surface area contributed by atoms with Gasteiger partial charge >= 0.3 is 57.4 Å². The van der Waals surface area contributed by atoms with E-state index in [9.17, 15) is 4.79 Å². The molecule has 76 valence electrons. The van der Waals surface area contributed by atoms with Gasteiger partial charge in [0, 0.05) is 0 Å². The van der Waals surface area contributed by atoms with Gasteiger partial charge in [-0.2, -0.15) is 0 Å². The van der Waals surface area contributed by atoms with Crippen LogP contribution in [0, 0.1) is 0 Å². The second kappa shape index (κ2) is 5.43. The van der Waals surface area contributed by atoms with Crippen LogP contribution in [0.3, 0.4) is 0 Å². The monoisotopic (exact) mass is 234 g/mol. The molecule has 1 fully saturated rings. The van der Waals surface area contributed by atoms with E-state index in [-0.39, 0.29) is 57.5 Å². The second-order valence-corrected chi connectivity index (χ2v) is 3.09. The van der Waals surface area contributed by atoms with Gasteiger partial charge in [-0.15, -0.1) is 0 Å². The van der Waals surface area contributed by atoms with E-state index < -0.39 is 12.1 Å². The average molecular weight is 234 g/mol. The molecule has 1 aliphatic rings. The SMILES string of the molecule is COc1ccc(C2OC2C(=O)O)cc1.[KH]. The number of ether oxygens (including phenoxy) is 2. The van der Waals surface area contributed by atoms with Crippen LogP contribution in [0.2, 0.25) is 0 Å². The zero-order valence-corrected chi connectivity index (χ0v) is 7.64. The molecule has 5 heteroatoms. The number of methoxy groups -OCH3 is 1. The van der Waals surface area contributed by atoms with E-state index in [2.05, 4.69) is 0 Å². The van der Waals surface area contributed by atoms with Gasteiger partial charge in [-0.25, -0.2) is 4.79 Å². The first kappa shape index (κ1) is 13.2. The molecule has 1 saturated heterocycles. The summed E-state index contributed by atoms with van der Waals surface area (Å²) in [6, 6.07) is 7.20. The Morgan fingerprint density at radius 2 is 2.00 bits per heavy atom. The Hall–Kier alpha value is 0.0864. The molecule has 1 aromatic rings. The summed E-state index contributed by atoms with van der Waals surface area (Å²) in [4.78, 5) is 10.5. The van der Waals surface area contributed by atoms with E-state index in [0.29, 0.717) is 0 Å². The van der Waals surface area contributed by atoms with Gasteiger partial charge in [0.15, 0.2) is 6.10 Å². The van der Waals surface area contributed by atoms with Crippen molar-refractivity contribution in [2.24, 2.45) is 0 Å². The Kier molecular flexibility index (Phi) is 4.76. The zero-order chi connectivity index (χ0) is 10.1. The molecular formula is C10H11KO4. The van der Waals surface area contributed by atoms with Crippen LogP contribution >= 0.6 is 0 Å². The number of hydrogen-bond donors (Lipinski definition) is 1. The maximum atomic E-state index is 10.5. The minimum absolute atomic E-state index is 0. The molecule has 0 radical (unpaired) electrons. The molecule has 0 aliphatic carbocycles. The van der Waals surface area contributed by atoms with Crippen molar-refractivity contribution in [1.82, 2.24) is 0 Å². The summed E-state index contributed by atoms with van der Waals surface area (Å²) in [5.74, 6) is -0.160. The predicted molar refractivity (Wildman–Crippen MR) is 55.4 cm³/mol. The molecule has 1 N–H and O–H groups in total. The van der Waals surface area contributed by atoms with E-state index in [0.717, 1.165) is 11.3 Å². The zero-order valence-electron chi connectivity index (χ0n) is 7.64. The Balaban J connectivity index is 0.00000112. The fraction of sp³-hybridized carbons (Fsp3) is 0.300. The van der Waals surface area contributed by atoms with Crippen LogP contribution in [0.1, 0.15) is 11.7 Å². The molecule has 1 aromatic carbocycles. The van der Waals surface area contributed by atoms with E-state index in [1.807, 2.05) is 12.1 Å². The number of benzene rings is 1. The van der Waals surface area contributed by atoms with Gasteiger partial charge in [-0.1, -0.05) is 12.1 Å². The van der Waals surface area contributed by atoms with Crippen molar-refractivity contribution in [3.63, 3.8) is 0 Å². The number of hydrogen-bond acceptors (Lipinski definition) is 3. The van der Waals surface area contributed by atoms with Gasteiger partial charge < -0.3 is 14.6 Å². The van der Waals surface area contributed by atoms with Gasteiger partial charge in [0.1, 0.15) is 11.9 Å². The van der Waals surface area contributed by atoms with E-state index in [1.165, 1.54) is 0 Å². The van der Waals surface area contributed by atoms with Crippen LogP contribution in [-0.4, -0.2) is 75.7 Å². The Labute approximate surface area is 130 Å². The van der Waals surface area contributed by atoms with Gasteiger partial charge in [0.2, 0.25) is 0 Å². The first-order valence-electron chi connectivity index (χ1n) is 4.24. The fourth-order valence-electron chi connectivity index (χ4n) is 1.35.